The van der Waals surface area contributed by atoms with E-state index in [9.17, 15) is 14.4 Å². The molecule has 0 aromatic heterocycles. The molecule has 0 bridgehead atoms. The number of amides is 1. The van der Waals surface area contributed by atoms with Gasteiger partial charge in [0.1, 0.15) is 23.1 Å². The molecule has 5 N–H and O–H groups in total. The second kappa shape index (κ2) is 22.5. The van der Waals surface area contributed by atoms with Gasteiger partial charge in [-0.3, -0.25) is 15.1 Å². The molecule has 1 fully saturated rings. The van der Waals surface area contributed by atoms with Crippen LogP contribution in [0.25, 0.3) is 0 Å². The number of ether oxygens (including phenoxy) is 4. The zero-order chi connectivity index (χ0) is 39.6. The molecule has 2 aromatic carbocycles. The maximum atomic E-state index is 15.8. The van der Waals surface area contributed by atoms with Gasteiger partial charge in [-0.1, -0.05) is 68.3 Å². The van der Waals surface area contributed by atoms with E-state index in [1.807, 2.05) is 20.8 Å². The van der Waals surface area contributed by atoms with Crippen LogP contribution in [0, 0.1) is 28.0 Å². The first-order valence-corrected chi connectivity index (χ1v) is 18.3. The lowest BCUT2D eigenvalue weighted by molar-refractivity contribution is 0.0166. The molecule has 3 rings (SSSR count). The van der Waals surface area contributed by atoms with Gasteiger partial charge in [-0.2, -0.15) is 5.26 Å². The zero-order valence-corrected chi connectivity index (χ0v) is 32.6. The Morgan fingerprint density at radius 1 is 1.13 bits per heavy atom. The minimum Gasteiger partial charge on any atom is -0.495 e. The van der Waals surface area contributed by atoms with Crippen molar-refractivity contribution in [1.29, 1.82) is 5.26 Å². The van der Waals surface area contributed by atoms with Gasteiger partial charge >= 0.3 is 0 Å². The van der Waals surface area contributed by atoms with Gasteiger partial charge in [0.05, 0.1) is 76.2 Å². The lowest BCUT2D eigenvalue weighted by atomic mass is 9.67. The molecule has 2 aromatic rings. The first-order chi connectivity index (χ1) is 25.9. The number of carbonyl (C=O) groups excluding carboxylic acids is 1. The summed E-state index contributed by atoms with van der Waals surface area (Å²) in [6, 6.07) is 11.5. The van der Waals surface area contributed by atoms with Gasteiger partial charge in [0.25, 0.3) is 5.91 Å². The number of allylic oxidation sites excluding steroid dienone is 4. The summed E-state index contributed by atoms with van der Waals surface area (Å²) in [5, 5.41) is 20.3. The van der Waals surface area contributed by atoms with Crippen LogP contribution in [0.4, 0.5) is 14.5 Å². The standard InChI is InChI=1S/C39H50Cl2F2N6O5/c1-38(2,3)24-33-39(25-45,13-6-7-28(40)12-14-42)34(29-8-5-9-30(41)35(29)43)36(49-33)48-26-47-31-11-10-27(23-32(31)51-4)37(50)46-16-18-53-20-22-54-21-19-52-17-15-44/h5-14,23,26,33-34,36,49H,15-22,24,44H2,1-4H3,(H,46,50)(H,47,48)/b13-6+,14-12+,28-7+/t33-,34-,36+,39+/m0/s1. The van der Waals surface area contributed by atoms with Crippen molar-refractivity contribution in [1.82, 2.24) is 10.6 Å². The molecule has 1 aliphatic heterocycles. The van der Waals surface area contributed by atoms with Gasteiger partial charge in [0.15, 0.2) is 0 Å². The first-order valence-electron chi connectivity index (χ1n) is 17.5. The highest BCUT2D eigenvalue weighted by Crippen LogP contribution is 2.51. The van der Waals surface area contributed by atoms with Gasteiger partial charge in [-0.05, 0) is 53.8 Å². The van der Waals surface area contributed by atoms with E-state index in [0.29, 0.717) is 82.5 Å². The Labute approximate surface area is 326 Å². The fourth-order valence-corrected chi connectivity index (χ4v) is 6.30. The van der Waals surface area contributed by atoms with Crippen LogP contribution in [-0.4, -0.2) is 84.3 Å². The SMILES string of the molecule is COc1cc(C(=O)NCCOCCOCCOCCN)ccc1N/C=N\[C@@H]1N[C@@H](CC(C)(C)C)[C@](C#N)(/C=C/C=C(Cl)\C=C\F)[C@H]1c1cccc(Cl)c1F. The van der Waals surface area contributed by atoms with Gasteiger partial charge in [-0.15, -0.1) is 0 Å². The summed E-state index contributed by atoms with van der Waals surface area (Å²) in [5.74, 6) is -1.44. The maximum absolute atomic E-state index is 15.8. The number of nitrogens with two attached hydrogens (primary N) is 1. The second-order valence-electron chi connectivity index (χ2n) is 13.5. The first kappa shape index (κ1) is 44.5. The van der Waals surface area contributed by atoms with Crippen molar-refractivity contribution in [3.8, 4) is 11.8 Å². The number of aliphatic imine (C=N–C) groups is 1. The Kier molecular flexibility index (Phi) is 18.5. The number of anilines is 1. The number of rotatable bonds is 21. The number of hydrogen-bond acceptors (Lipinski definition) is 9. The van der Waals surface area contributed by atoms with Crippen LogP contribution in [0.1, 0.15) is 49.0 Å². The Hall–Kier alpha value is -3.87. The van der Waals surface area contributed by atoms with Gasteiger partial charge in [0.2, 0.25) is 0 Å². The molecule has 1 amide bonds. The van der Waals surface area contributed by atoms with Crippen LogP contribution in [0.5, 0.6) is 5.75 Å². The lowest BCUT2D eigenvalue weighted by Crippen LogP contribution is -2.39. The van der Waals surface area contributed by atoms with Crippen molar-refractivity contribution >= 4 is 41.1 Å². The van der Waals surface area contributed by atoms with Crippen LogP contribution < -0.4 is 26.4 Å². The molecule has 1 saturated heterocycles. The molecule has 54 heavy (non-hydrogen) atoms. The van der Waals surface area contributed by atoms with Gasteiger partial charge in [-0.25, -0.2) is 8.78 Å². The largest absolute Gasteiger partial charge is 0.495 e. The van der Waals surface area contributed by atoms with E-state index in [-0.39, 0.29) is 26.9 Å². The molecule has 294 valence electrons. The summed E-state index contributed by atoms with van der Waals surface area (Å²) in [4.78, 5) is 17.6. The number of methoxy groups -OCH3 is 1. The number of benzene rings is 2. The van der Waals surface area contributed by atoms with E-state index in [0.717, 1.165) is 6.08 Å². The zero-order valence-electron chi connectivity index (χ0n) is 31.0. The maximum Gasteiger partial charge on any atom is 0.251 e. The molecule has 1 heterocycles. The number of nitrogens with one attached hydrogen (secondary N) is 3. The van der Waals surface area contributed by atoms with E-state index >= 15 is 4.39 Å². The van der Waals surface area contributed by atoms with E-state index in [1.54, 1.807) is 42.5 Å². The molecular weight excluding hydrogens is 741 g/mol. The average Bonchev–Trinajstić information content (AvgIpc) is 3.42. The smallest absolute Gasteiger partial charge is 0.251 e. The van der Waals surface area contributed by atoms with Crippen molar-refractivity contribution < 1.29 is 32.5 Å². The molecule has 4 atom stereocenters. The van der Waals surface area contributed by atoms with Crippen LogP contribution in [0.3, 0.4) is 0 Å². The van der Waals surface area contributed by atoms with Crippen LogP contribution in [-0.2, 0) is 14.2 Å². The Balaban J connectivity index is 1.78. The topological polar surface area (TPSA) is 152 Å². The summed E-state index contributed by atoms with van der Waals surface area (Å²) in [7, 11) is 1.48. The number of halogens is 4. The van der Waals surface area contributed by atoms with Gasteiger partial charge in [0, 0.05) is 35.6 Å². The van der Waals surface area contributed by atoms with Crippen molar-refractivity contribution in [3.63, 3.8) is 0 Å². The highest BCUT2D eigenvalue weighted by Gasteiger charge is 2.56. The highest BCUT2D eigenvalue weighted by molar-refractivity contribution is 6.31. The molecular formula is C39H50Cl2F2N6O5. The number of nitriles is 1. The third-order valence-electron chi connectivity index (χ3n) is 8.41. The van der Waals surface area contributed by atoms with Crippen LogP contribution >= 0.6 is 23.2 Å². The Morgan fingerprint density at radius 3 is 2.48 bits per heavy atom. The summed E-state index contributed by atoms with van der Waals surface area (Å²) in [5.41, 5.74) is 4.88. The molecule has 1 aliphatic rings. The predicted octanol–water partition coefficient (Wildman–Crippen LogP) is 6.86. The molecule has 0 radical (unpaired) electrons. The molecule has 11 nitrogen and oxygen atoms in total. The monoisotopic (exact) mass is 790 g/mol. The van der Waals surface area contributed by atoms with E-state index in [2.05, 4.69) is 22.0 Å². The normalized spacial score (nSPS) is 20.6. The quantitative estimate of drug-likeness (QED) is 0.0460. The fraction of sp³-hybridized carbons (Fsp3) is 0.462. The summed E-state index contributed by atoms with van der Waals surface area (Å²) < 4.78 is 50.3. The molecule has 15 heteroatoms. The number of nitrogens with zero attached hydrogens (tertiary/aromatic N) is 2. The van der Waals surface area contributed by atoms with E-state index < -0.39 is 29.4 Å². The highest BCUT2D eigenvalue weighted by atomic mass is 35.5. The molecule has 0 saturated carbocycles. The summed E-state index contributed by atoms with van der Waals surface area (Å²) >= 11 is 12.3. The fourth-order valence-electron chi connectivity index (χ4n) is 6.00. The summed E-state index contributed by atoms with van der Waals surface area (Å²) in [6.45, 7) is 9.40. The van der Waals surface area contributed by atoms with Crippen molar-refractivity contribution in [2.75, 3.05) is 65.2 Å². The van der Waals surface area contributed by atoms with Crippen LogP contribution in [0.15, 0.2) is 77.1 Å². The molecule has 0 spiro atoms. The van der Waals surface area contributed by atoms with Crippen LogP contribution in [0.2, 0.25) is 5.02 Å². The second-order valence-corrected chi connectivity index (χ2v) is 14.4. The third-order valence-corrected chi connectivity index (χ3v) is 8.96. The van der Waals surface area contributed by atoms with Crippen molar-refractivity contribution in [3.05, 3.63) is 94.0 Å². The van der Waals surface area contributed by atoms with E-state index in [1.165, 1.54) is 25.6 Å². The Bertz CT molecular complexity index is 1680. The Morgan fingerprint density at radius 2 is 1.83 bits per heavy atom. The molecule has 0 unspecified atom stereocenters. The lowest BCUT2D eigenvalue weighted by Gasteiger charge is -2.34. The van der Waals surface area contributed by atoms with Gasteiger partial charge < -0.3 is 35.3 Å². The number of carbonyl (C=O) groups is 1. The van der Waals surface area contributed by atoms with Crippen molar-refractivity contribution in [2.24, 2.45) is 21.6 Å². The average molecular weight is 792 g/mol. The third kappa shape index (κ3) is 13.2. The van der Waals surface area contributed by atoms with Crippen molar-refractivity contribution in [2.45, 2.75) is 45.3 Å². The molecule has 0 aliphatic carbocycles. The van der Waals surface area contributed by atoms with E-state index in [4.69, 9.17) is 52.9 Å². The minimum absolute atomic E-state index is 0.0910. The minimum atomic E-state index is -1.33. The summed E-state index contributed by atoms with van der Waals surface area (Å²) in [6.07, 6.45) is 7.23. The predicted molar refractivity (Wildman–Crippen MR) is 209 cm³/mol. The number of hydrogen-bond donors (Lipinski definition) is 4.